The van der Waals surface area contributed by atoms with Gasteiger partial charge in [-0.15, -0.1) is 0 Å². The summed E-state index contributed by atoms with van der Waals surface area (Å²) < 4.78 is 5.93. The molecule has 0 spiro atoms. The summed E-state index contributed by atoms with van der Waals surface area (Å²) in [4.78, 5) is 2.46. The van der Waals surface area contributed by atoms with Gasteiger partial charge in [-0.25, -0.2) is 0 Å². The number of fused-ring (bicyclic) bond motifs is 1. The number of hydrogen-bond donors (Lipinski definition) is 1. The van der Waals surface area contributed by atoms with Crippen molar-refractivity contribution < 1.29 is 4.74 Å². The Morgan fingerprint density at radius 3 is 2.95 bits per heavy atom. The standard InChI is InChI=1S/C16H23ClN2O/c17-13-11-12(7-8-18)5-6-14(13)19-9-10-20-16-4-2-1-3-15(16)19/h5-6,11,15-16H,1-4,7-10,18H2. The number of morpholine rings is 1. The summed E-state index contributed by atoms with van der Waals surface area (Å²) in [7, 11) is 0. The highest BCUT2D eigenvalue weighted by atomic mass is 35.5. The van der Waals surface area contributed by atoms with Gasteiger partial charge in [0.1, 0.15) is 0 Å². The first-order chi connectivity index (χ1) is 9.79. The molecule has 0 bridgehead atoms. The Labute approximate surface area is 126 Å². The van der Waals surface area contributed by atoms with E-state index in [1.807, 2.05) is 0 Å². The van der Waals surface area contributed by atoms with Crippen LogP contribution in [0, 0.1) is 0 Å². The SMILES string of the molecule is NCCc1ccc(N2CCOC3CCCCC32)c(Cl)c1. The fraction of sp³-hybridized carbons (Fsp3) is 0.625. The normalized spacial score (nSPS) is 26.4. The quantitative estimate of drug-likeness (QED) is 0.931. The lowest BCUT2D eigenvalue weighted by Crippen LogP contribution is -2.52. The molecule has 1 heterocycles. The second-order valence-electron chi connectivity index (χ2n) is 5.78. The van der Waals surface area contributed by atoms with Crippen molar-refractivity contribution in [1.82, 2.24) is 0 Å². The van der Waals surface area contributed by atoms with Gasteiger partial charge in [-0.05, 0) is 43.5 Å². The van der Waals surface area contributed by atoms with Gasteiger partial charge in [0.25, 0.3) is 0 Å². The highest BCUT2D eigenvalue weighted by molar-refractivity contribution is 6.33. The molecule has 20 heavy (non-hydrogen) atoms. The Morgan fingerprint density at radius 2 is 2.15 bits per heavy atom. The molecule has 2 aliphatic rings. The van der Waals surface area contributed by atoms with Crippen LogP contribution in [0.15, 0.2) is 18.2 Å². The molecule has 3 nitrogen and oxygen atoms in total. The van der Waals surface area contributed by atoms with Crippen LogP contribution >= 0.6 is 11.6 Å². The maximum absolute atomic E-state index is 6.51. The first-order valence-electron chi connectivity index (χ1n) is 7.66. The maximum atomic E-state index is 6.51. The Morgan fingerprint density at radius 1 is 1.30 bits per heavy atom. The van der Waals surface area contributed by atoms with E-state index in [9.17, 15) is 0 Å². The van der Waals surface area contributed by atoms with E-state index in [1.54, 1.807) is 0 Å². The zero-order chi connectivity index (χ0) is 13.9. The minimum Gasteiger partial charge on any atom is -0.374 e. The van der Waals surface area contributed by atoms with Crippen molar-refractivity contribution in [3.05, 3.63) is 28.8 Å². The van der Waals surface area contributed by atoms with Gasteiger partial charge in [0.05, 0.1) is 29.5 Å². The van der Waals surface area contributed by atoms with Crippen molar-refractivity contribution >= 4 is 17.3 Å². The molecule has 1 aliphatic heterocycles. The summed E-state index contributed by atoms with van der Waals surface area (Å²) in [5.41, 5.74) is 7.99. The Balaban J connectivity index is 1.83. The lowest BCUT2D eigenvalue weighted by Gasteiger charge is -2.45. The molecule has 2 atom stereocenters. The molecule has 4 heteroatoms. The number of halogens is 1. The number of anilines is 1. The number of hydrogen-bond acceptors (Lipinski definition) is 3. The summed E-state index contributed by atoms with van der Waals surface area (Å²) in [5, 5.41) is 0.849. The van der Waals surface area contributed by atoms with Gasteiger partial charge in [0, 0.05) is 6.54 Å². The van der Waals surface area contributed by atoms with Gasteiger partial charge in [-0.3, -0.25) is 0 Å². The zero-order valence-electron chi connectivity index (χ0n) is 11.9. The third-order valence-corrected chi connectivity index (χ3v) is 4.79. The molecule has 3 rings (SSSR count). The third-order valence-electron chi connectivity index (χ3n) is 4.49. The molecule has 1 saturated carbocycles. The smallest absolute Gasteiger partial charge is 0.0779 e. The Bertz CT molecular complexity index is 464. The van der Waals surface area contributed by atoms with Crippen LogP contribution in [-0.2, 0) is 11.2 Å². The highest BCUT2D eigenvalue weighted by Crippen LogP contribution is 2.35. The van der Waals surface area contributed by atoms with Crippen molar-refractivity contribution in [3.63, 3.8) is 0 Å². The van der Waals surface area contributed by atoms with Crippen molar-refractivity contribution in [3.8, 4) is 0 Å². The van der Waals surface area contributed by atoms with Gasteiger partial charge >= 0.3 is 0 Å². The van der Waals surface area contributed by atoms with Crippen LogP contribution in [0.5, 0.6) is 0 Å². The zero-order valence-corrected chi connectivity index (χ0v) is 12.6. The molecule has 0 amide bonds. The number of nitrogens with two attached hydrogens (primary N) is 1. The fourth-order valence-corrected chi connectivity index (χ4v) is 3.81. The fourth-order valence-electron chi connectivity index (χ4n) is 3.50. The summed E-state index contributed by atoms with van der Waals surface area (Å²) in [6.45, 7) is 2.41. The van der Waals surface area contributed by atoms with E-state index in [0.717, 1.165) is 30.3 Å². The van der Waals surface area contributed by atoms with Gasteiger partial charge in [0.2, 0.25) is 0 Å². The average molecular weight is 295 g/mol. The lowest BCUT2D eigenvalue weighted by atomic mass is 9.89. The molecule has 0 radical (unpaired) electrons. The number of ether oxygens (including phenoxy) is 1. The van der Waals surface area contributed by atoms with E-state index >= 15 is 0 Å². The summed E-state index contributed by atoms with van der Waals surface area (Å²) in [6, 6.07) is 6.87. The molecule has 1 aliphatic carbocycles. The second-order valence-corrected chi connectivity index (χ2v) is 6.19. The summed E-state index contributed by atoms with van der Waals surface area (Å²) >= 11 is 6.51. The van der Waals surface area contributed by atoms with Gasteiger partial charge in [0.15, 0.2) is 0 Å². The minimum absolute atomic E-state index is 0.386. The number of rotatable bonds is 3. The lowest BCUT2D eigenvalue weighted by molar-refractivity contribution is -0.00866. The largest absolute Gasteiger partial charge is 0.374 e. The molecule has 110 valence electrons. The van der Waals surface area contributed by atoms with Crippen LogP contribution < -0.4 is 10.6 Å². The minimum atomic E-state index is 0.386. The topological polar surface area (TPSA) is 38.5 Å². The molecule has 0 aromatic heterocycles. The Kier molecular flexibility index (Phi) is 4.49. The van der Waals surface area contributed by atoms with Crippen molar-refractivity contribution in [1.29, 1.82) is 0 Å². The predicted octanol–water partition coefficient (Wildman–Crippen LogP) is 2.99. The Hall–Kier alpha value is -0.770. The van der Waals surface area contributed by atoms with Crippen LogP contribution in [0.4, 0.5) is 5.69 Å². The average Bonchev–Trinajstić information content (AvgIpc) is 2.47. The highest BCUT2D eigenvalue weighted by Gasteiger charge is 2.34. The van der Waals surface area contributed by atoms with E-state index in [0.29, 0.717) is 18.7 Å². The van der Waals surface area contributed by atoms with Gasteiger partial charge < -0.3 is 15.4 Å². The summed E-state index contributed by atoms with van der Waals surface area (Å²) in [5.74, 6) is 0. The van der Waals surface area contributed by atoms with Crippen molar-refractivity contribution in [2.45, 2.75) is 44.2 Å². The molecule has 1 aromatic carbocycles. The first-order valence-corrected chi connectivity index (χ1v) is 8.04. The molecule has 2 unspecified atom stereocenters. The van der Waals surface area contributed by atoms with Crippen molar-refractivity contribution in [2.24, 2.45) is 5.73 Å². The monoisotopic (exact) mass is 294 g/mol. The van der Waals surface area contributed by atoms with Crippen LogP contribution in [0.2, 0.25) is 5.02 Å². The molecular formula is C16H23ClN2O. The molecular weight excluding hydrogens is 272 g/mol. The number of nitrogens with zero attached hydrogens (tertiary/aromatic N) is 1. The predicted molar refractivity (Wildman–Crippen MR) is 83.6 cm³/mol. The molecule has 2 N–H and O–H groups in total. The van der Waals surface area contributed by atoms with E-state index < -0.39 is 0 Å². The number of benzene rings is 1. The second kappa shape index (κ2) is 6.33. The molecule has 2 fully saturated rings. The van der Waals surface area contributed by atoms with Crippen LogP contribution in [0.1, 0.15) is 31.2 Å². The van der Waals surface area contributed by atoms with Crippen molar-refractivity contribution in [2.75, 3.05) is 24.6 Å². The first kappa shape index (κ1) is 14.2. The summed E-state index contributed by atoms with van der Waals surface area (Å²) in [6.07, 6.45) is 6.25. The van der Waals surface area contributed by atoms with Crippen LogP contribution in [-0.4, -0.2) is 31.8 Å². The van der Waals surface area contributed by atoms with E-state index in [4.69, 9.17) is 22.1 Å². The van der Waals surface area contributed by atoms with Crippen LogP contribution in [0.3, 0.4) is 0 Å². The van der Waals surface area contributed by atoms with E-state index in [2.05, 4.69) is 23.1 Å². The third kappa shape index (κ3) is 2.80. The van der Waals surface area contributed by atoms with E-state index in [-0.39, 0.29) is 0 Å². The maximum Gasteiger partial charge on any atom is 0.0779 e. The van der Waals surface area contributed by atoms with E-state index in [1.165, 1.54) is 31.2 Å². The molecule has 1 saturated heterocycles. The molecule has 1 aromatic rings. The van der Waals surface area contributed by atoms with Crippen LogP contribution in [0.25, 0.3) is 0 Å². The van der Waals surface area contributed by atoms with Gasteiger partial charge in [-0.2, -0.15) is 0 Å². The van der Waals surface area contributed by atoms with Gasteiger partial charge in [-0.1, -0.05) is 30.5 Å².